The summed E-state index contributed by atoms with van der Waals surface area (Å²) in [6, 6.07) is 16.7. The number of nitrogens with one attached hydrogen (secondary N) is 1. The van der Waals surface area contributed by atoms with Crippen LogP contribution in [0.25, 0.3) is 0 Å². The van der Waals surface area contributed by atoms with E-state index in [1.807, 2.05) is 30.0 Å². The van der Waals surface area contributed by atoms with Gasteiger partial charge in [-0.05, 0) is 55.3 Å². The Bertz CT molecular complexity index is 1190. The largest absolute Gasteiger partial charge is 0.497 e. The molecule has 0 amide bonds. The predicted octanol–water partition coefficient (Wildman–Crippen LogP) is 3.61. The fraction of sp³-hybridized carbons (Fsp3) is 0.333. The molecule has 0 bridgehead atoms. The molecule has 0 unspecified atom stereocenters. The molecule has 1 saturated heterocycles. The van der Waals surface area contributed by atoms with Gasteiger partial charge in [0.1, 0.15) is 11.6 Å². The van der Waals surface area contributed by atoms with E-state index in [1.165, 1.54) is 9.87 Å². The first-order chi connectivity index (χ1) is 15.9. The van der Waals surface area contributed by atoms with Gasteiger partial charge in [-0.15, -0.1) is 0 Å². The molecule has 1 aliphatic rings. The van der Waals surface area contributed by atoms with Crippen LogP contribution in [0.1, 0.15) is 18.2 Å². The van der Waals surface area contributed by atoms with Crippen molar-refractivity contribution in [3.63, 3.8) is 0 Å². The molecule has 33 heavy (non-hydrogen) atoms. The van der Waals surface area contributed by atoms with E-state index in [4.69, 9.17) is 4.74 Å². The third-order valence-corrected chi connectivity index (χ3v) is 7.61. The van der Waals surface area contributed by atoms with Gasteiger partial charge in [-0.2, -0.15) is 9.29 Å². The van der Waals surface area contributed by atoms with Gasteiger partial charge in [0.25, 0.3) is 0 Å². The van der Waals surface area contributed by atoms with Gasteiger partial charge in [0.2, 0.25) is 16.0 Å². The number of aromatic nitrogens is 2. The van der Waals surface area contributed by atoms with Gasteiger partial charge >= 0.3 is 0 Å². The highest BCUT2D eigenvalue weighted by Crippen LogP contribution is 2.23. The van der Waals surface area contributed by atoms with E-state index in [9.17, 15) is 8.42 Å². The summed E-state index contributed by atoms with van der Waals surface area (Å²) in [5.41, 5.74) is 3.09. The van der Waals surface area contributed by atoms with Crippen molar-refractivity contribution in [2.24, 2.45) is 0 Å². The van der Waals surface area contributed by atoms with E-state index in [0.717, 1.165) is 23.6 Å². The predicted molar refractivity (Wildman–Crippen MR) is 130 cm³/mol. The molecule has 1 N–H and O–H groups in total. The molecule has 1 fully saturated rings. The fourth-order valence-electron chi connectivity index (χ4n) is 3.76. The van der Waals surface area contributed by atoms with E-state index < -0.39 is 10.0 Å². The number of hydrogen-bond acceptors (Lipinski definition) is 7. The van der Waals surface area contributed by atoms with Crippen LogP contribution < -0.4 is 15.0 Å². The first-order valence-corrected chi connectivity index (χ1v) is 12.4. The Kier molecular flexibility index (Phi) is 6.80. The number of sulfonamides is 1. The Labute approximate surface area is 195 Å². The van der Waals surface area contributed by atoms with Gasteiger partial charge in [0, 0.05) is 43.6 Å². The Morgan fingerprint density at radius 3 is 2.24 bits per heavy atom. The maximum absolute atomic E-state index is 13.0. The number of rotatable bonds is 7. The van der Waals surface area contributed by atoms with Gasteiger partial charge in [-0.25, -0.2) is 13.4 Å². The monoisotopic (exact) mass is 467 g/mol. The zero-order valence-corrected chi connectivity index (χ0v) is 20.0. The van der Waals surface area contributed by atoms with Crippen LogP contribution in [0, 0.1) is 6.92 Å². The summed E-state index contributed by atoms with van der Waals surface area (Å²) < 4.78 is 32.7. The molecule has 8 nitrogen and oxygen atoms in total. The molecule has 174 valence electrons. The molecule has 1 aromatic heterocycles. The average Bonchev–Trinajstić information content (AvgIpc) is 2.84. The minimum atomic E-state index is -3.56. The van der Waals surface area contributed by atoms with Crippen molar-refractivity contribution in [1.29, 1.82) is 0 Å². The summed E-state index contributed by atoms with van der Waals surface area (Å²) in [5, 5.41) is 3.35. The van der Waals surface area contributed by atoms with Crippen molar-refractivity contribution in [3.8, 4) is 5.75 Å². The topological polar surface area (TPSA) is 87.7 Å². The van der Waals surface area contributed by atoms with Gasteiger partial charge in [-0.3, -0.25) is 0 Å². The second-order valence-electron chi connectivity index (χ2n) is 7.94. The van der Waals surface area contributed by atoms with Crippen molar-refractivity contribution >= 4 is 27.5 Å². The Balaban J connectivity index is 1.44. The van der Waals surface area contributed by atoms with Crippen LogP contribution >= 0.6 is 0 Å². The van der Waals surface area contributed by atoms with Crippen LogP contribution in [0.2, 0.25) is 0 Å². The summed E-state index contributed by atoms with van der Waals surface area (Å²) in [5.74, 6) is 1.94. The van der Waals surface area contributed by atoms with E-state index in [-0.39, 0.29) is 4.90 Å². The molecule has 0 aliphatic carbocycles. The number of piperazine rings is 1. The fourth-order valence-corrected chi connectivity index (χ4v) is 5.18. The molecular formula is C24H29N5O3S. The minimum Gasteiger partial charge on any atom is -0.497 e. The average molecular weight is 468 g/mol. The van der Waals surface area contributed by atoms with E-state index in [2.05, 4.69) is 34.3 Å². The molecule has 4 rings (SSSR count). The number of methoxy groups -OCH3 is 1. The molecule has 2 aromatic carbocycles. The van der Waals surface area contributed by atoms with Gasteiger partial charge in [0.15, 0.2) is 0 Å². The number of hydrogen-bond donors (Lipinski definition) is 1. The summed E-state index contributed by atoms with van der Waals surface area (Å²) in [4.78, 5) is 11.6. The lowest BCUT2D eigenvalue weighted by atomic mass is 10.1. The zero-order chi connectivity index (χ0) is 23.4. The molecule has 0 atom stereocenters. The van der Waals surface area contributed by atoms with Crippen molar-refractivity contribution in [3.05, 3.63) is 65.9 Å². The summed E-state index contributed by atoms with van der Waals surface area (Å²) in [7, 11) is -2.00. The van der Waals surface area contributed by atoms with Gasteiger partial charge in [0.05, 0.1) is 12.0 Å². The van der Waals surface area contributed by atoms with Crippen LogP contribution in [0.4, 0.5) is 17.5 Å². The highest BCUT2D eigenvalue weighted by molar-refractivity contribution is 7.89. The highest BCUT2D eigenvalue weighted by Gasteiger charge is 2.29. The molecule has 2 heterocycles. The first-order valence-electron chi connectivity index (χ1n) is 11.0. The van der Waals surface area contributed by atoms with E-state index in [1.54, 1.807) is 31.4 Å². The highest BCUT2D eigenvalue weighted by atomic mass is 32.2. The lowest BCUT2D eigenvalue weighted by Crippen LogP contribution is -2.49. The SMILES string of the molecule is CCc1ccc(Nc2cc(C)nc(N3CCN(S(=O)(=O)c4ccc(OC)cc4)CC3)n2)cc1. The van der Waals surface area contributed by atoms with Crippen LogP contribution in [-0.2, 0) is 16.4 Å². The van der Waals surface area contributed by atoms with E-state index in [0.29, 0.717) is 37.9 Å². The molecule has 1 aliphatic heterocycles. The third-order valence-electron chi connectivity index (χ3n) is 5.70. The number of benzene rings is 2. The smallest absolute Gasteiger partial charge is 0.243 e. The molecule has 9 heteroatoms. The molecule has 3 aromatic rings. The Morgan fingerprint density at radius 2 is 1.64 bits per heavy atom. The number of nitrogens with zero attached hydrogens (tertiary/aromatic N) is 4. The summed E-state index contributed by atoms with van der Waals surface area (Å²) >= 11 is 0. The number of aryl methyl sites for hydroxylation is 2. The Morgan fingerprint density at radius 1 is 0.970 bits per heavy atom. The molecular weight excluding hydrogens is 438 g/mol. The lowest BCUT2D eigenvalue weighted by molar-refractivity contribution is 0.382. The van der Waals surface area contributed by atoms with Crippen molar-refractivity contribution < 1.29 is 13.2 Å². The minimum absolute atomic E-state index is 0.268. The van der Waals surface area contributed by atoms with E-state index >= 15 is 0 Å². The van der Waals surface area contributed by atoms with Crippen molar-refractivity contribution in [2.45, 2.75) is 25.2 Å². The second kappa shape index (κ2) is 9.76. The molecule has 0 spiro atoms. The maximum Gasteiger partial charge on any atom is 0.243 e. The second-order valence-corrected chi connectivity index (χ2v) is 9.87. The first kappa shape index (κ1) is 23.0. The summed E-state index contributed by atoms with van der Waals surface area (Å²) in [6.45, 7) is 5.83. The number of ether oxygens (including phenoxy) is 1. The van der Waals surface area contributed by atoms with Crippen molar-refractivity contribution in [1.82, 2.24) is 14.3 Å². The van der Waals surface area contributed by atoms with Crippen LogP contribution in [0.15, 0.2) is 59.5 Å². The zero-order valence-electron chi connectivity index (χ0n) is 19.2. The normalized spacial score (nSPS) is 14.8. The van der Waals surface area contributed by atoms with Crippen molar-refractivity contribution in [2.75, 3.05) is 43.5 Å². The Hall–Kier alpha value is -3.17. The third kappa shape index (κ3) is 5.26. The maximum atomic E-state index is 13.0. The quantitative estimate of drug-likeness (QED) is 0.568. The standard InChI is InChI=1S/C24H29N5O3S/c1-4-19-5-7-20(8-6-19)26-23-17-18(2)25-24(27-23)28-13-15-29(16-14-28)33(30,31)22-11-9-21(32-3)10-12-22/h5-12,17H,4,13-16H2,1-3H3,(H,25,26,27). The molecule has 0 radical (unpaired) electrons. The van der Waals surface area contributed by atoms with Gasteiger partial charge < -0.3 is 15.0 Å². The van der Waals surface area contributed by atoms with Crippen LogP contribution in [0.3, 0.4) is 0 Å². The lowest BCUT2D eigenvalue weighted by Gasteiger charge is -2.34. The summed E-state index contributed by atoms with van der Waals surface area (Å²) in [6.07, 6.45) is 0.997. The molecule has 0 saturated carbocycles. The van der Waals surface area contributed by atoms with Gasteiger partial charge in [-0.1, -0.05) is 19.1 Å². The van der Waals surface area contributed by atoms with Crippen LogP contribution in [0.5, 0.6) is 5.75 Å². The number of anilines is 3. The van der Waals surface area contributed by atoms with Crippen LogP contribution in [-0.4, -0.2) is 56.0 Å².